The van der Waals surface area contributed by atoms with Gasteiger partial charge < -0.3 is 9.64 Å². The lowest BCUT2D eigenvalue weighted by molar-refractivity contribution is 0.415. The lowest BCUT2D eigenvalue weighted by Gasteiger charge is -2.36. The van der Waals surface area contributed by atoms with Gasteiger partial charge in [-0.1, -0.05) is 105 Å². The van der Waals surface area contributed by atoms with E-state index < -0.39 is 0 Å². The van der Waals surface area contributed by atoms with Gasteiger partial charge in [0.1, 0.15) is 17.6 Å². The van der Waals surface area contributed by atoms with Crippen molar-refractivity contribution in [1.29, 1.82) is 0 Å². The number of hydrogen-bond donors (Lipinski definition) is 0. The van der Waals surface area contributed by atoms with Crippen LogP contribution in [0.1, 0.15) is 49.1 Å². The van der Waals surface area contributed by atoms with Crippen molar-refractivity contribution in [2.45, 2.75) is 32.2 Å². The third kappa shape index (κ3) is 4.97. The highest BCUT2D eigenvalue weighted by Gasteiger charge is 2.31. The van der Waals surface area contributed by atoms with E-state index in [-0.39, 0.29) is 11.5 Å². The van der Waals surface area contributed by atoms with Gasteiger partial charge in [0.05, 0.1) is 12.8 Å². The number of aliphatic imine (C=N–C) groups is 1. The molecule has 0 aromatic heterocycles. The third-order valence-corrected chi connectivity index (χ3v) is 7.39. The number of hydrogen-bond acceptors (Lipinski definition) is 3. The second kappa shape index (κ2) is 10.4. The monoisotopic (exact) mass is 520 g/mol. The first-order chi connectivity index (χ1) is 19.4. The summed E-state index contributed by atoms with van der Waals surface area (Å²) in [5, 5.41) is 2.27. The summed E-state index contributed by atoms with van der Waals surface area (Å²) in [6.45, 7) is 6.71. The Kier molecular flexibility index (Phi) is 6.62. The summed E-state index contributed by atoms with van der Waals surface area (Å²) in [5.41, 5.74) is 6.52. The molecule has 1 aliphatic heterocycles. The van der Waals surface area contributed by atoms with Crippen molar-refractivity contribution in [3.8, 4) is 17.6 Å². The Balaban J connectivity index is 1.48. The van der Waals surface area contributed by atoms with Gasteiger partial charge in [-0.05, 0) is 64.2 Å². The summed E-state index contributed by atoms with van der Waals surface area (Å²) in [6.07, 6.45) is 0. The summed E-state index contributed by atoms with van der Waals surface area (Å²) in [7, 11) is 1.69. The zero-order valence-electron chi connectivity index (χ0n) is 23.3. The Bertz CT molecular complexity index is 1770. The second-order valence-corrected chi connectivity index (χ2v) is 11.1. The van der Waals surface area contributed by atoms with Gasteiger partial charge in [0.2, 0.25) is 0 Å². The molecular formula is C37H32N2O. The quantitative estimate of drug-likeness (QED) is 0.222. The van der Waals surface area contributed by atoms with Crippen LogP contribution in [0.15, 0.2) is 120 Å². The number of rotatable bonds is 3. The van der Waals surface area contributed by atoms with Crippen LogP contribution < -0.4 is 9.64 Å². The number of amidine groups is 1. The predicted octanol–water partition coefficient (Wildman–Crippen LogP) is 8.84. The molecule has 1 aliphatic rings. The molecule has 5 aromatic rings. The molecule has 3 heteroatoms. The van der Waals surface area contributed by atoms with Gasteiger partial charge in [-0.25, -0.2) is 4.99 Å². The molecule has 0 amide bonds. The molecule has 0 N–H and O–H groups in total. The Hall–Kier alpha value is -4.81. The smallest absolute Gasteiger partial charge is 0.142 e. The normalized spacial score (nSPS) is 14.7. The fourth-order valence-corrected chi connectivity index (χ4v) is 5.16. The number of benzene rings is 5. The summed E-state index contributed by atoms with van der Waals surface area (Å²) >= 11 is 0. The van der Waals surface area contributed by atoms with Gasteiger partial charge in [-0.15, -0.1) is 0 Å². The fourth-order valence-electron chi connectivity index (χ4n) is 5.16. The lowest BCUT2D eigenvalue weighted by atomic mass is 9.86. The number of methoxy groups -OCH3 is 1. The highest BCUT2D eigenvalue weighted by atomic mass is 16.5. The molecule has 5 aromatic carbocycles. The first-order valence-electron chi connectivity index (χ1n) is 13.6. The van der Waals surface area contributed by atoms with Crippen molar-refractivity contribution in [2.24, 2.45) is 4.99 Å². The molecule has 1 unspecified atom stereocenters. The molecular weight excluding hydrogens is 488 g/mol. The van der Waals surface area contributed by atoms with E-state index in [0.717, 1.165) is 50.4 Å². The summed E-state index contributed by atoms with van der Waals surface area (Å²) < 4.78 is 5.39. The molecule has 0 saturated carbocycles. The molecule has 0 radical (unpaired) electrons. The first kappa shape index (κ1) is 25.5. The number of nitrogens with zero attached hydrogens (tertiary/aromatic N) is 2. The Labute approximate surface area is 236 Å². The molecule has 0 bridgehead atoms. The van der Waals surface area contributed by atoms with Crippen LogP contribution in [-0.2, 0) is 5.41 Å². The number of para-hydroxylation sites is 2. The zero-order chi connectivity index (χ0) is 27.7. The summed E-state index contributed by atoms with van der Waals surface area (Å²) in [5.74, 6) is 8.89. The van der Waals surface area contributed by atoms with Crippen LogP contribution in [0, 0.1) is 11.8 Å². The molecule has 0 aliphatic carbocycles. The van der Waals surface area contributed by atoms with E-state index in [1.54, 1.807) is 7.11 Å². The maximum Gasteiger partial charge on any atom is 0.142 e. The van der Waals surface area contributed by atoms with Gasteiger partial charge >= 0.3 is 0 Å². The topological polar surface area (TPSA) is 24.8 Å². The van der Waals surface area contributed by atoms with Gasteiger partial charge in [0.15, 0.2) is 0 Å². The molecule has 1 heterocycles. The summed E-state index contributed by atoms with van der Waals surface area (Å²) in [6, 6.07) is 39.8. The zero-order valence-corrected chi connectivity index (χ0v) is 23.3. The molecule has 0 saturated heterocycles. The van der Waals surface area contributed by atoms with E-state index in [9.17, 15) is 0 Å². The maximum atomic E-state index is 5.39. The van der Waals surface area contributed by atoms with E-state index in [0.29, 0.717) is 0 Å². The lowest BCUT2D eigenvalue weighted by Crippen LogP contribution is -2.37. The third-order valence-electron chi connectivity index (χ3n) is 7.39. The number of fused-ring (bicyclic) bond motifs is 2. The molecule has 40 heavy (non-hydrogen) atoms. The highest BCUT2D eigenvalue weighted by molar-refractivity contribution is 6.13. The van der Waals surface area contributed by atoms with E-state index in [2.05, 4.69) is 135 Å². The molecule has 1 atom stereocenters. The van der Waals surface area contributed by atoms with E-state index >= 15 is 0 Å². The van der Waals surface area contributed by atoms with Crippen LogP contribution in [0.2, 0.25) is 0 Å². The average Bonchev–Trinajstić information content (AvgIpc) is 2.99. The van der Waals surface area contributed by atoms with Crippen molar-refractivity contribution >= 4 is 28.0 Å². The van der Waals surface area contributed by atoms with Crippen LogP contribution in [0.25, 0.3) is 10.8 Å². The SMILES string of the molecule is COc1ccc2cc(C#CC3c4ccccc4N=C(c4ccc(C(C)(C)C)cc4)N3c3ccccc3)ccc2c1. The van der Waals surface area contributed by atoms with Crippen LogP contribution in [0.5, 0.6) is 5.75 Å². The maximum absolute atomic E-state index is 5.39. The largest absolute Gasteiger partial charge is 0.497 e. The Morgan fingerprint density at radius 2 is 1.45 bits per heavy atom. The van der Waals surface area contributed by atoms with Crippen molar-refractivity contribution in [3.63, 3.8) is 0 Å². The van der Waals surface area contributed by atoms with Crippen molar-refractivity contribution in [2.75, 3.05) is 12.0 Å². The van der Waals surface area contributed by atoms with E-state index in [1.165, 1.54) is 5.56 Å². The van der Waals surface area contributed by atoms with Crippen LogP contribution in [-0.4, -0.2) is 12.9 Å². The predicted molar refractivity (Wildman–Crippen MR) is 167 cm³/mol. The second-order valence-electron chi connectivity index (χ2n) is 11.1. The molecule has 6 rings (SSSR count). The van der Waals surface area contributed by atoms with Crippen LogP contribution >= 0.6 is 0 Å². The van der Waals surface area contributed by atoms with Gasteiger partial charge in [-0.3, -0.25) is 0 Å². The molecule has 3 nitrogen and oxygen atoms in total. The Morgan fingerprint density at radius 3 is 2.20 bits per heavy atom. The van der Waals surface area contributed by atoms with Crippen LogP contribution in [0.4, 0.5) is 11.4 Å². The highest BCUT2D eigenvalue weighted by Crippen LogP contribution is 2.39. The number of anilines is 1. The van der Waals surface area contributed by atoms with Crippen molar-refractivity contribution in [1.82, 2.24) is 0 Å². The van der Waals surface area contributed by atoms with Gasteiger partial charge in [0, 0.05) is 22.4 Å². The van der Waals surface area contributed by atoms with Crippen LogP contribution in [0.3, 0.4) is 0 Å². The van der Waals surface area contributed by atoms with Crippen molar-refractivity contribution < 1.29 is 4.74 Å². The minimum absolute atomic E-state index is 0.0810. The van der Waals surface area contributed by atoms with E-state index in [1.807, 2.05) is 18.2 Å². The molecule has 196 valence electrons. The average molecular weight is 521 g/mol. The van der Waals surface area contributed by atoms with Gasteiger partial charge in [0.25, 0.3) is 0 Å². The minimum Gasteiger partial charge on any atom is -0.497 e. The summed E-state index contributed by atoms with van der Waals surface area (Å²) in [4.78, 5) is 7.46. The van der Waals surface area contributed by atoms with Gasteiger partial charge in [-0.2, -0.15) is 0 Å². The number of ether oxygens (including phenoxy) is 1. The van der Waals surface area contributed by atoms with E-state index in [4.69, 9.17) is 9.73 Å². The Morgan fingerprint density at radius 1 is 0.750 bits per heavy atom. The first-order valence-corrected chi connectivity index (χ1v) is 13.6. The molecule has 0 spiro atoms. The fraction of sp³-hybridized carbons (Fsp3) is 0.162. The standard InChI is InChI=1S/C37H32N2O/c1-37(2,3)30-20-17-27(18-21-30)36-38-34-13-9-8-12-33(34)35(39(36)31-10-6-5-7-11-31)23-15-26-14-16-29-25-32(40-4)22-19-28(29)24-26/h5-14,16-22,24-25,35H,1-4H3. The molecule has 0 fully saturated rings. The van der Waals surface area contributed by atoms with Crippen molar-refractivity contribution in [3.05, 3.63) is 138 Å². The minimum atomic E-state index is -0.208.